The molecule has 1 aromatic carbocycles. The Kier molecular flexibility index (Phi) is 2.49. The fourth-order valence-corrected chi connectivity index (χ4v) is 1.60. The van der Waals surface area contributed by atoms with Gasteiger partial charge in [0.25, 0.3) is 10.1 Å². The minimum absolute atomic E-state index is 0.169. The monoisotopic (exact) mass is 199 g/mol. The number of nitrogens with zero attached hydrogens (tertiary/aromatic N) is 1. The molecule has 0 aliphatic carbocycles. The third-order valence-electron chi connectivity index (χ3n) is 1.56. The second-order valence-corrected chi connectivity index (χ2v) is 3.99. The van der Waals surface area contributed by atoms with Crippen molar-refractivity contribution in [3.63, 3.8) is 0 Å². The highest BCUT2D eigenvalue weighted by Gasteiger charge is 2.13. The predicted molar refractivity (Wildman–Crippen MR) is 50.2 cm³/mol. The van der Waals surface area contributed by atoms with Crippen molar-refractivity contribution in [2.45, 2.75) is 11.8 Å². The molecular formula is C8H9NO3S. The maximum atomic E-state index is 10.8. The Labute approximate surface area is 76.7 Å². The van der Waals surface area contributed by atoms with Gasteiger partial charge < -0.3 is 0 Å². The van der Waals surface area contributed by atoms with Crippen molar-refractivity contribution in [1.29, 1.82) is 0 Å². The lowest BCUT2D eigenvalue weighted by atomic mass is 10.2. The summed E-state index contributed by atoms with van der Waals surface area (Å²) in [6.45, 7) is 5.01. The van der Waals surface area contributed by atoms with Crippen molar-refractivity contribution in [3.8, 4) is 0 Å². The van der Waals surface area contributed by atoms with E-state index in [1.165, 1.54) is 12.1 Å². The molecule has 13 heavy (non-hydrogen) atoms. The molecule has 5 heteroatoms. The summed E-state index contributed by atoms with van der Waals surface area (Å²) in [4.78, 5) is 3.29. The molecule has 0 aromatic heterocycles. The summed E-state index contributed by atoms with van der Waals surface area (Å²) in [7, 11) is -4.20. The van der Waals surface area contributed by atoms with Crippen molar-refractivity contribution >= 4 is 22.5 Å². The Balaban J connectivity index is 3.47. The van der Waals surface area contributed by atoms with Crippen LogP contribution in [0.1, 0.15) is 5.56 Å². The van der Waals surface area contributed by atoms with E-state index in [0.29, 0.717) is 0 Å². The van der Waals surface area contributed by atoms with Crippen LogP contribution in [0.5, 0.6) is 0 Å². The zero-order valence-corrected chi connectivity index (χ0v) is 7.87. The number of rotatable bonds is 2. The highest BCUT2D eigenvalue weighted by molar-refractivity contribution is 7.86. The van der Waals surface area contributed by atoms with Gasteiger partial charge in [0, 0.05) is 0 Å². The van der Waals surface area contributed by atoms with Crippen LogP contribution in [0.15, 0.2) is 28.1 Å². The van der Waals surface area contributed by atoms with Gasteiger partial charge in [-0.15, -0.1) is 0 Å². The molecule has 0 atom stereocenters. The fourth-order valence-electron chi connectivity index (χ4n) is 0.969. The van der Waals surface area contributed by atoms with Gasteiger partial charge in [-0.05, 0) is 31.3 Å². The van der Waals surface area contributed by atoms with Crippen LogP contribution in [0.3, 0.4) is 0 Å². The van der Waals surface area contributed by atoms with E-state index in [0.717, 1.165) is 5.56 Å². The molecule has 0 aliphatic rings. The van der Waals surface area contributed by atoms with Crippen molar-refractivity contribution in [2.24, 2.45) is 4.99 Å². The van der Waals surface area contributed by atoms with E-state index >= 15 is 0 Å². The quantitative estimate of drug-likeness (QED) is 0.580. The normalized spacial score (nSPS) is 11.2. The van der Waals surface area contributed by atoms with Gasteiger partial charge in [0.15, 0.2) is 0 Å². The molecule has 0 unspecified atom stereocenters. The first-order valence-electron chi connectivity index (χ1n) is 3.50. The van der Waals surface area contributed by atoms with Crippen molar-refractivity contribution in [2.75, 3.05) is 0 Å². The molecular weight excluding hydrogens is 190 g/mol. The van der Waals surface area contributed by atoms with Crippen LogP contribution >= 0.6 is 0 Å². The van der Waals surface area contributed by atoms with E-state index in [9.17, 15) is 8.42 Å². The number of hydrogen-bond donors (Lipinski definition) is 1. The third kappa shape index (κ3) is 2.13. The van der Waals surface area contributed by atoms with Crippen LogP contribution < -0.4 is 0 Å². The highest BCUT2D eigenvalue weighted by atomic mass is 32.2. The van der Waals surface area contributed by atoms with Gasteiger partial charge >= 0.3 is 0 Å². The minimum Gasteiger partial charge on any atom is -0.282 e. The molecule has 0 heterocycles. The second kappa shape index (κ2) is 3.27. The van der Waals surface area contributed by atoms with E-state index in [2.05, 4.69) is 11.7 Å². The second-order valence-electron chi connectivity index (χ2n) is 2.60. The maximum absolute atomic E-state index is 10.8. The van der Waals surface area contributed by atoms with Gasteiger partial charge in [0.05, 0.1) is 5.69 Å². The van der Waals surface area contributed by atoms with E-state index < -0.39 is 10.1 Å². The smallest absolute Gasteiger partial charge is 0.282 e. The molecule has 0 bridgehead atoms. The SMILES string of the molecule is C=Nc1cc(C)ccc1S(=O)(=O)O. The van der Waals surface area contributed by atoms with E-state index in [4.69, 9.17) is 4.55 Å². The summed E-state index contributed by atoms with van der Waals surface area (Å²) < 4.78 is 30.4. The first kappa shape index (κ1) is 9.88. The van der Waals surface area contributed by atoms with Crippen molar-refractivity contribution in [1.82, 2.24) is 0 Å². The summed E-state index contributed by atoms with van der Waals surface area (Å²) in [6.07, 6.45) is 0. The summed E-state index contributed by atoms with van der Waals surface area (Å²) in [5.41, 5.74) is 1.03. The van der Waals surface area contributed by atoms with Gasteiger partial charge in [-0.1, -0.05) is 6.07 Å². The lowest BCUT2D eigenvalue weighted by Gasteiger charge is -2.02. The lowest BCUT2D eigenvalue weighted by molar-refractivity contribution is 0.483. The first-order valence-corrected chi connectivity index (χ1v) is 4.94. The molecule has 0 saturated heterocycles. The Morgan fingerprint density at radius 3 is 2.54 bits per heavy atom. The van der Waals surface area contributed by atoms with Gasteiger partial charge in [0.1, 0.15) is 4.90 Å². The molecule has 0 radical (unpaired) electrons. The molecule has 1 N–H and O–H groups in total. The maximum Gasteiger partial charge on any atom is 0.296 e. The van der Waals surface area contributed by atoms with Crippen LogP contribution in [-0.4, -0.2) is 19.7 Å². The van der Waals surface area contributed by atoms with Crippen LogP contribution in [-0.2, 0) is 10.1 Å². The molecule has 70 valence electrons. The van der Waals surface area contributed by atoms with Crippen LogP contribution in [0.2, 0.25) is 0 Å². The van der Waals surface area contributed by atoms with Crippen LogP contribution in [0, 0.1) is 6.92 Å². The number of aryl methyl sites for hydroxylation is 1. The third-order valence-corrected chi connectivity index (χ3v) is 2.46. The summed E-state index contributed by atoms with van der Waals surface area (Å²) in [6, 6.07) is 4.42. The summed E-state index contributed by atoms with van der Waals surface area (Å²) >= 11 is 0. The van der Waals surface area contributed by atoms with Gasteiger partial charge in [-0.2, -0.15) is 8.42 Å². The number of benzene rings is 1. The topological polar surface area (TPSA) is 66.7 Å². The summed E-state index contributed by atoms with van der Waals surface area (Å²) in [5.74, 6) is 0. The Morgan fingerprint density at radius 2 is 2.08 bits per heavy atom. The van der Waals surface area contributed by atoms with E-state index in [1.54, 1.807) is 13.0 Å². The Hall–Kier alpha value is -1.20. The van der Waals surface area contributed by atoms with Crippen molar-refractivity contribution < 1.29 is 13.0 Å². The zero-order chi connectivity index (χ0) is 10.1. The average molecular weight is 199 g/mol. The average Bonchev–Trinajstić information content (AvgIpc) is 2.01. The molecule has 1 rings (SSSR count). The van der Waals surface area contributed by atoms with Crippen LogP contribution in [0.4, 0.5) is 5.69 Å². The minimum atomic E-state index is -4.20. The van der Waals surface area contributed by atoms with Crippen LogP contribution in [0.25, 0.3) is 0 Å². The number of hydrogen-bond acceptors (Lipinski definition) is 3. The molecule has 1 aromatic rings. The largest absolute Gasteiger partial charge is 0.296 e. The van der Waals surface area contributed by atoms with Crippen molar-refractivity contribution in [3.05, 3.63) is 23.8 Å². The Bertz CT molecular complexity index is 437. The molecule has 0 spiro atoms. The fraction of sp³-hybridized carbons (Fsp3) is 0.125. The molecule has 0 saturated carbocycles. The number of aliphatic imine (C=N–C) groups is 1. The molecule has 0 aliphatic heterocycles. The Morgan fingerprint density at radius 1 is 1.46 bits per heavy atom. The first-order chi connectivity index (χ1) is 5.95. The molecule has 4 nitrogen and oxygen atoms in total. The standard InChI is InChI=1S/C8H9NO3S/c1-6-3-4-8(13(10,11)12)7(5-6)9-2/h3-5H,2H2,1H3,(H,10,11,12). The molecule has 0 amide bonds. The molecule has 0 fully saturated rings. The van der Waals surface area contributed by atoms with E-state index in [-0.39, 0.29) is 10.6 Å². The summed E-state index contributed by atoms with van der Waals surface area (Å²) in [5, 5.41) is 0. The zero-order valence-electron chi connectivity index (χ0n) is 7.06. The highest BCUT2D eigenvalue weighted by Crippen LogP contribution is 2.24. The van der Waals surface area contributed by atoms with Gasteiger partial charge in [0.2, 0.25) is 0 Å². The predicted octanol–water partition coefficient (Wildman–Crippen LogP) is 1.57. The van der Waals surface area contributed by atoms with Gasteiger partial charge in [-0.3, -0.25) is 9.55 Å². The van der Waals surface area contributed by atoms with Gasteiger partial charge in [-0.25, -0.2) is 0 Å². The van der Waals surface area contributed by atoms with E-state index in [1.807, 2.05) is 0 Å². The lowest BCUT2D eigenvalue weighted by Crippen LogP contribution is -1.98.